The van der Waals surface area contributed by atoms with E-state index in [0.29, 0.717) is 29.8 Å². The first-order chi connectivity index (χ1) is 21.8. The maximum atomic E-state index is 2.67. The number of hydrogen-bond donors (Lipinski definition) is 0. The van der Waals surface area contributed by atoms with Crippen molar-refractivity contribution >= 4 is 11.3 Å². The summed E-state index contributed by atoms with van der Waals surface area (Å²) in [7, 11) is 0. The van der Waals surface area contributed by atoms with Crippen LogP contribution in [0.5, 0.6) is 0 Å². The van der Waals surface area contributed by atoms with Crippen molar-refractivity contribution < 1.29 is 0 Å². The number of fused-ring (bicyclic) bond motifs is 5. The molecule has 1 aromatic carbocycles. The minimum absolute atomic E-state index is 0.347. The fourth-order valence-corrected chi connectivity index (χ4v) is 8.95. The van der Waals surface area contributed by atoms with Crippen molar-refractivity contribution in [3.63, 3.8) is 0 Å². The fraction of sp³-hybridized carbons (Fsp3) is 0.286. The van der Waals surface area contributed by atoms with Gasteiger partial charge in [-0.15, -0.1) is 0 Å². The van der Waals surface area contributed by atoms with Crippen LogP contribution in [0.15, 0.2) is 161 Å². The summed E-state index contributed by atoms with van der Waals surface area (Å²) in [6.07, 6.45) is 48.1. The third kappa shape index (κ3) is 4.22. The molecule has 2 aliphatic heterocycles. The van der Waals surface area contributed by atoms with Crippen molar-refractivity contribution in [1.29, 1.82) is 0 Å². The van der Waals surface area contributed by atoms with E-state index in [9.17, 15) is 0 Å². The lowest BCUT2D eigenvalue weighted by Crippen LogP contribution is -2.32. The number of rotatable bonds is 4. The molecule has 0 aromatic heterocycles. The number of nitrogens with zero attached hydrogens (tertiary/aromatic N) is 2. The van der Waals surface area contributed by atoms with Gasteiger partial charge in [0, 0.05) is 40.5 Å². The summed E-state index contributed by atoms with van der Waals surface area (Å²) in [5.74, 6) is 1.49. The Balaban J connectivity index is 1.06. The molecule has 0 saturated carbocycles. The first-order valence-corrected chi connectivity index (χ1v) is 16.8. The Labute approximate surface area is 262 Å². The molecule has 0 bridgehead atoms. The topological polar surface area (TPSA) is 6.48 Å². The Morgan fingerprint density at radius 2 is 1.61 bits per heavy atom. The molecule has 9 rings (SSSR count). The standard InChI is InChI=1S/C42H40N2/c1-3-12-29(13-4-1)30-14-11-17-34(26-30)44-40-21-10-8-19-36(40)38-28-32(23-25-42(38)44)31-22-24-41-37(27-31)35-18-7-9-20-39(35)43(41)33-15-5-2-6-16-33/h2-3,5,7-15,17-22,24,26,28,35-37,39-40H,1,4,6,16,23,25,27H2. The molecule has 44 heavy (non-hydrogen) atoms. The monoisotopic (exact) mass is 572 g/mol. The van der Waals surface area contributed by atoms with Crippen LogP contribution in [0.1, 0.15) is 50.5 Å². The molecule has 0 spiro atoms. The van der Waals surface area contributed by atoms with Gasteiger partial charge in [0.2, 0.25) is 0 Å². The van der Waals surface area contributed by atoms with E-state index in [1.165, 1.54) is 39.5 Å². The second kappa shape index (κ2) is 10.7. The van der Waals surface area contributed by atoms with Crippen LogP contribution in [0.2, 0.25) is 0 Å². The van der Waals surface area contributed by atoms with Gasteiger partial charge >= 0.3 is 0 Å². The van der Waals surface area contributed by atoms with Crippen molar-refractivity contribution in [3.05, 3.63) is 167 Å². The van der Waals surface area contributed by atoms with Crippen molar-refractivity contribution in [1.82, 2.24) is 4.90 Å². The molecule has 6 aliphatic carbocycles. The van der Waals surface area contributed by atoms with E-state index in [4.69, 9.17) is 0 Å². The van der Waals surface area contributed by atoms with Crippen LogP contribution < -0.4 is 4.90 Å². The lowest BCUT2D eigenvalue weighted by Gasteiger charge is -2.32. The fourth-order valence-electron chi connectivity index (χ4n) is 8.95. The molecule has 8 aliphatic rings. The van der Waals surface area contributed by atoms with Crippen LogP contribution >= 0.6 is 0 Å². The normalized spacial score (nSPS) is 31.2. The SMILES string of the molecule is C1=CCCC(N2C3=CC=C(C4=CC5=C(CC4)N(c4cccc(C6=CCCC=C6)c4)C4C=CC=CC54)CC3C3C=CC=CC32)=C1. The lowest BCUT2D eigenvalue weighted by molar-refractivity contribution is 0.368. The van der Waals surface area contributed by atoms with Crippen LogP contribution in [-0.2, 0) is 0 Å². The molecule has 218 valence electrons. The van der Waals surface area contributed by atoms with Gasteiger partial charge in [0.15, 0.2) is 0 Å². The number of allylic oxidation sites excluding steroid dienone is 19. The van der Waals surface area contributed by atoms with Crippen LogP contribution in [0.3, 0.4) is 0 Å². The number of anilines is 1. The zero-order valence-corrected chi connectivity index (χ0v) is 25.4. The summed E-state index contributed by atoms with van der Waals surface area (Å²) in [4.78, 5) is 5.33. The third-order valence-corrected chi connectivity index (χ3v) is 11.0. The molecule has 5 atom stereocenters. The molecule has 1 aromatic rings. The van der Waals surface area contributed by atoms with Crippen molar-refractivity contribution in [2.45, 2.75) is 57.0 Å². The molecule has 1 fully saturated rings. The van der Waals surface area contributed by atoms with Crippen LogP contribution in [0, 0.1) is 17.8 Å². The van der Waals surface area contributed by atoms with Gasteiger partial charge in [0.1, 0.15) is 0 Å². The summed E-state index contributed by atoms with van der Waals surface area (Å²) in [6, 6.07) is 10.0. The van der Waals surface area contributed by atoms with E-state index in [1.807, 2.05) is 0 Å². The van der Waals surface area contributed by atoms with Gasteiger partial charge in [-0.25, -0.2) is 0 Å². The van der Waals surface area contributed by atoms with E-state index in [1.54, 1.807) is 11.1 Å². The van der Waals surface area contributed by atoms with Crippen LogP contribution in [0.25, 0.3) is 5.57 Å². The largest absolute Gasteiger partial charge is 0.341 e. The van der Waals surface area contributed by atoms with Crippen molar-refractivity contribution in [2.75, 3.05) is 4.90 Å². The minimum atomic E-state index is 0.347. The molecule has 0 radical (unpaired) electrons. The Bertz CT molecular complexity index is 1770. The molecule has 2 heterocycles. The molecular weight excluding hydrogens is 532 g/mol. The quantitative estimate of drug-likeness (QED) is 0.354. The van der Waals surface area contributed by atoms with E-state index in [-0.39, 0.29) is 0 Å². The van der Waals surface area contributed by atoms with E-state index < -0.39 is 0 Å². The summed E-state index contributed by atoms with van der Waals surface area (Å²) in [6.45, 7) is 0. The molecule has 2 nitrogen and oxygen atoms in total. The van der Waals surface area contributed by atoms with E-state index in [2.05, 4.69) is 137 Å². The van der Waals surface area contributed by atoms with Crippen molar-refractivity contribution in [2.24, 2.45) is 17.8 Å². The molecule has 1 saturated heterocycles. The van der Waals surface area contributed by atoms with Gasteiger partial charge in [0.25, 0.3) is 0 Å². The second-order valence-corrected chi connectivity index (χ2v) is 13.3. The van der Waals surface area contributed by atoms with E-state index >= 15 is 0 Å². The lowest BCUT2D eigenvalue weighted by atomic mass is 9.77. The maximum absolute atomic E-state index is 2.67. The summed E-state index contributed by atoms with van der Waals surface area (Å²) in [5.41, 5.74) is 13.2. The first kappa shape index (κ1) is 26.1. The minimum Gasteiger partial charge on any atom is -0.341 e. The molecule has 2 heteroatoms. The van der Waals surface area contributed by atoms with Gasteiger partial charge < -0.3 is 9.80 Å². The summed E-state index contributed by atoms with van der Waals surface area (Å²) >= 11 is 0. The number of likely N-dealkylation sites (tertiary alicyclic amines) is 1. The summed E-state index contributed by atoms with van der Waals surface area (Å²) < 4.78 is 0. The molecule has 5 unspecified atom stereocenters. The smallest absolute Gasteiger partial charge is 0.0626 e. The number of benzene rings is 1. The Morgan fingerprint density at radius 3 is 2.50 bits per heavy atom. The Kier molecular flexibility index (Phi) is 6.35. The number of hydrogen-bond acceptors (Lipinski definition) is 2. The van der Waals surface area contributed by atoms with Gasteiger partial charge in [0.05, 0.1) is 12.1 Å². The molecule has 0 amide bonds. The third-order valence-electron chi connectivity index (χ3n) is 11.0. The van der Waals surface area contributed by atoms with Crippen molar-refractivity contribution in [3.8, 4) is 0 Å². The average Bonchev–Trinajstić information content (AvgIpc) is 3.61. The molecular formula is C42H40N2. The highest BCUT2D eigenvalue weighted by Gasteiger charge is 2.46. The highest BCUT2D eigenvalue weighted by atomic mass is 15.2. The highest BCUT2D eigenvalue weighted by molar-refractivity contribution is 5.78. The second-order valence-electron chi connectivity index (χ2n) is 13.3. The zero-order valence-electron chi connectivity index (χ0n) is 25.4. The highest BCUT2D eigenvalue weighted by Crippen LogP contribution is 2.52. The predicted molar refractivity (Wildman–Crippen MR) is 183 cm³/mol. The van der Waals surface area contributed by atoms with Gasteiger partial charge in [-0.1, -0.05) is 103 Å². The van der Waals surface area contributed by atoms with Crippen LogP contribution in [-0.4, -0.2) is 17.0 Å². The van der Waals surface area contributed by atoms with Crippen LogP contribution in [0.4, 0.5) is 5.69 Å². The average molecular weight is 573 g/mol. The Hall–Kier alpha value is -4.30. The zero-order chi connectivity index (χ0) is 29.0. The van der Waals surface area contributed by atoms with Gasteiger partial charge in [-0.3, -0.25) is 0 Å². The first-order valence-electron chi connectivity index (χ1n) is 16.8. The van der Waals surface area contributed by atoms with E-state index in [0.717, 1.165) is 44.9 Å². The summed E-state index contributed by atoms with van der Waals surface area (Å²) in [5, 5.41) is 0. The van der Waals surface area contributed by atoms with Gasteiger partial charge in [-0.2, -0.15) is 0 Å². The molecule has 0 N–H and O–H groups in total. The maximum Gasteiger partial charge on any atom is 0.0626 e. The van der Waals surface area contributed by atoms with Gasteiger partial charge in [-0.05, 0) is 97.1 Å². The Morgan fingerprint density at radius 1 is 0.705 bits per heavy atom. The predicted octanol–water partition coefficient (Wildman–Crippen LogP) is 9.82.